The number of hydrogen-bond donors (Lipinski definition) is 3. The van der Waals surface area contributed by atoms with Crippen LogP contribution >= 0.6 is 0 Å². The lowest BCUT2D eigenvalue weighted by Crippen LogP contribution is -2.36. The van der Waals surface area contributed by atoms with Crippen molar-refractivity contribution in [3.63, 3.8) is 0 Å². The standard InChI is InChI=1S/C18H20N2O4S/c1-14-10-12-16(13-11-14)25(23,24)20-19-17(8-5-9-18(21)22)15-6-3-2-4-7-15/h2-4,6-8,10-13,19-20H,5,9H2,1H3,(H,21,22). The molecule has 2 aromatic carbocycles. The zero-order valence-electron chi connectivity index (χ0n) is 13.8. The van der Waals surface area contributed by atoms with E-state index in [1.54, 1.807) is 30.3 Å². The SMILES string of the molecule is Cc1ccc(S(=O)(=O)NNC(=CCCC(=O)O)c2ccccc2)cc1. The predicted molar refractivity (Wildman–Crippen MR) is 95.9 cm³/mol. The molecule has 25 heavy (non-hydrogen) atoms. The van der Waals surface area contributed by atoms with Crippen LogP contribution in [0.3, 0.4) is 0 Å². The quantitative estimate of drug-likeness (QED) is 0.629. The number of hydrogen-bond acceptors (Lipinski definition) is 4. The molecule has 0 aliphatic heterocycles. The van der Waals surface area contributed by atoms with Gasteiger partial charge in [-0.25, -0.2) is 8.42 Å². The molecule has 0 heterocycles. The molecule has 0 atom stereocenters. The highest BCUT2D eigenvalue weighted by molar-refractivity contribution is 7.89. The summed E-state index contributed by atoms with van der Waals surface area (Å²) in [6, 6.07) is 15.6. The Morgan fingerprint density at radius 1 is 1.08 bits per heavy atom. The zero-order valence-corrected chi connectivity index (χ0v) is 14.6. The highest BCUT2D eigenvalue weighted by Gasteiger charge is 2.14. The lowest BCUT2D eigenvalue weighted by Gasteiger charge is -2.13. The van der Waals surface area contributed by atoms with Gasteiger partial charge in [0.05, 0.1) is 10.6 Å². The highest BCUT2D eigenvalue weighted by Crippen LogP contribution is 2.14. The maximum atomic E-state index is 12.4. The van der Waals surface area contributed by atoms with Gasteiger partial charge in [0.2, 0.25) is 0 Å². The van der Waals surface area contributed by atoms with Crippen molar-refractivity contribution in [2.24, 2.45) is 0 Å². The summed E-state index contributed by atoms with van der Waals surface area (Å²) in [5.74, 6) is -0.913. The van der Waals surface area contributed by atoms with Crippen LogP contribution in [0.2, 0.25) is 0 Å². The first-order valence-electron chi connectivity index (χ1n) is 7.70. The van der Waals surface area contributed by atoms with Crippen LogP contribution in [0.25, 0.3) is 5.70 Å². The number of aliphatic carboxylic acids is 1. The van der Waals surface area contributed by atoms with E-state index in [-0.39, 0.29) is 17.7 Å². The van der Waals surface area contributed by atoms with E-state index in [1.165, 1.54) is 12.1 Å². The molecule has 7 heteroatoms. The first kappa shape index (κ1) is 18.7. The van der Waals surface area contributed by atoms with Crippen LogP contribution in [0.4, 0.5) is 0 Å². The molecule has 0 radical (unpaired) electrons. The molecule has 0 aliphatic rings. The Labute approximate surface area is 147 Å². The van der Waals surface area contributed by atoms with Gasteiger partial charge in [-0.1, -0.05) is 54.1 Å². The van der Waals surface area contributed by atoms with E-state index in [1.807, 2.05) is 25.1 Å². The normalized spacial score (nSPS) is 12.0. The molecule has 2 rings (SSSR count). The fourth-order valence-corrected chi connectivity index (χ4v) is 2.95. The summed E-state index contributed by atoms with van der Waals surface area (Å²) in [5.41, 5.74) is 4.90. The van der Waals surface area contributed by atoms with Gasteiger partial charge in [-0.15, -0.1) is 4.83 Å². The number of carboxylic acid groups (broad SMARTS) is 1. The number of benzene rings is 2. The van der Waals surface area contributed by atoms with Crippen LogP contribution in [-0.2, 0) is 14.8 Å². The number of sulfonamides is 1. The van der Waals surface area contributed by atoms with Crippen LogP contribution < -0.4 is 10.3 Å². The van der Waals surface area contributed by atoms with Gasteiger partial charge >= 0.3 is 5.97 Å². The molecule has 0 saturated carbocycles. The third-order valence-electron chi connectivity index (χ3n) is 3.44. The molecule has 6 nitrogen and oxygen atoms in total. The second-order valence-corrected chi connectivity index (χ2v) is 7.14. The topological polar surface area (TPSA) is 95.5 Å². The fourth-order valence-electron chi connectivity index (χ4n) is 2.10. The number of carbonyl (C=O) groups is 1. The maximum Gasteiger partial charge on any atom is 0.303 e. The van der Waals surface area contributed by atoms with Crippen LogP contribution in [0.15, 0.2) is 65.6 Å². The van der Waals surface area contributed by atoms with Gasteiger partial charge in [0, 0.05) is 6.42 Å². The fraction of sp³-hybridized carbons (Fsp3) is 0.167. The largest absolute Gasteiger partial charge is 0.481 e. The Hall–Kier alpha value is -2.64. The minimum Gasteiger partial charge on any atom is -0.481 e. The third kappa shape index (κ3) is 5.74. The maximum absolute atomic E-state index is 12.4. The summed E-state index contributed by atoms with van der Waals surface area (Å²) >= 11 is 0. The molecule has 3 N–H and O–H groups in total. The van der Waals surface area contributed by atoms with Crippen molar-refractivity contribution >= 4 is 21.7 Å². The van der Waals surface area contributed by atoms with Crippen molar-refractivity contribution in [2.45, 2.75) is 24.7 Å². The van der Waals surface area contributed by atoms with Crippen molar-refractivity contribution in [3.05, 3.63) is 71.8 Å². The van der Waals surface area contributed by atoms with E-state index in [0.29, 0.717) is 5.70 Å². The number of allylic oxidation sites excluding steroid dienone is 1. The summed E-state index contributed by atoms with van der Waals surface area (Å²) in [7, 11) is -3.74. The number of nitrogens with one attached hydrogen (secondary N) is 2. The number of hydrazine groups is 1. The lowest BCUT2D eigenvalue weighted by molar-refractivity contribution is -0.136. The summed E-state index contributed by atoms with van der Waals surface area (Å²) in [4.78, 5) is 13.2. The first-order valence-corrected chi connectivity index (χ1v) is 9.19. The zero-order chi connectivity index (χ0) is 18.3. The number of aryl methyl sites for hydroxylation is 1. The first-order chi connectivity index (χ1) is 11.9. The second-order valence-electron chi connectivity index (χ2n) is 5.46. The Balaban J connectivity index is 2.16. The third-order valence-corrected chi connectivity index (χ3v) is 4.71. The van der Waals surface area contributed by atoms with E-state index < -0.39 is 16.0 Å². The van der Waals surface area contributed by atoms with Gasteiger partial charge in [-0.3, -0.25) is 4.79 Å². The van der Waals surface area contributed by atoms with Gasteiger partial charge < -0.3 is 10.5 Å². The van der Waals surface area contributed by atoms with E-state index in [9.17, 15) is 13.2 Å². The number of rotatable bonds is 8. The molecule has 132 valence electrons. The van der Waals surface area contributed by atoms with E-state index in [2.05, 4.69) is 10.3 Å². The smallest absolute Gasteiger partial charge is 0.303 e. The molecular weight excluding hydrogens is 340 g/mol. The summed E-state index contributed by atoms with van der Waals surface area (Å²) in [6.45, 7) is 1.88. The molecule has 2 aromatic rings. The molecule has 0 amide bonds. The molecule has 0 fully saturated rings. The molecule has 0 aromatic heterocycles. The predicted octanol–water partition coefficient (Wildman–Crippen LogP) is 2.68. The Kier molecular flexibility index (Phi) is 6.32. The van der Waals surface area contributed by atoms with Crippen molar-refractivity contribution in [1.29, 1.82) is 0 Å². The average Bonchev–Trinajstić information content (AvgIpc) is 2.59. The van der Waals surface area contributed by atoms with Gasteiger partial charge in [-0.05, 0) is 31.0 Å². The van der Waals surface area contributed by atoms with E-state index in [0.717, 1.165) is 11.1 Å². The van der Waals surface area contributed by atoms with Crippen LogP contribution in [0.5, 0.6) is 0 Å². The summed E-state index contributed by atoms with van der Waals surface area (Å²) in [5, 5.41) is 8.77. The average molecular weight is 360 g/mol. The van der Waals surface area contributed by atoms with Crippen molar-refractivity contribution in [1.82, 2.24) is 10.3 Å². The van der Waals surface area contributed by atoms with Crippen molar-refractivity contribution in [3.8, 4) is 0 Å². The highest BCUT2D eigenvalue weighted by atomic mass is 32.2. The number of carboxylic acids is 1. The molecule has 0 spiro atoms. The molecule has 0 saturated heterocycles. The van der Waals surface area contributed by atoms with E-state index >= 15 is 0 Å². The Morgan fingerprint density at radius 3 is 2.32 bits per heavy atom. The molecular formula is C18H20N2O4S. The summed E-state index contributed by atoms with van der Waals surface area (Å²) < 4.78 is 24.7. The van der Waals surface area contributed by atoms with Gasteiger partial charge in [0.15, 0.2) is 0 Å². The van der Waals surface area contributed by atoms with Gasteiger partial charge in [-0.2, -0.15) is 0 Å². The Bertz CT molecular complexity index is 844. The van der Waals surface area contributed by atoms with Gasteiger partial charge in [0.1, 0.15) is 0 Å². The summed E-state index contributed by atoms with van der Waals surface area (Å²) in [6.07, 6.45) is 1.89. The minimum atomic E-state index is -3.74. The molecule has 0 bridgehead atoms. The van der Waals surface area contributed by atoms with Crippen LogP contribution in [0, 0.1) is 6.92 Å². The molecule has 0 aliphatic carbocycles. The van der Waals surface area contributed by atoms with Crippen molar-refractivity contribution < 1.29 is 18.3 Å². The van der Waals surface area contributed by atoms with Crippen LogP contribution in [0.1, 0.15) is 24.0 Å². The van der Waals surface area contributed by atoms with Crippen LogP contribution in [-0.4, -0.2) is 19.5 Å². The monoisotopic (exact) mass is 360 g/mol. The van der Waals surface area contributed by atoms with E-state index in [4.69, 9.17) is 5.11 Å². The second kappa shape index (κ2) is 8.46. The van der Waals surface area contributed by atoms with Gasteiger partial charge in [0.25, 0.3) is 10.0 Å². The van der Waals surface area contributed by atoms with Crippen molar-refractivity contribution in [2.75, 3.05) is 0 Å². The Morgan fingerprint density at radius 2 is 1.72 bits per heavy atom. The molecule has 0 unspecified atom stereocenters. The lowest BCUT2D eigenvalue weighted by atomic mass is 10.1. The minimum absolute atomic E-state index is 0.0390.